The molecule has 110 valence electrons. The van der Waals surface area contributed by atoms with Crippen molar-refractivity contribution in [3.8, 4) is 5.88 Å². The van der Waals surface area contributed by atoms with Crippen LogP contribution in [0, 0.1) is 0 Å². The largest absolute Gasteiger partial charge is 0.475 e. The predicted octanol–water partition coefficient (Wildman–Crippen LogP) is 1.63. The van der Waals surface area contributed by atoms with Crippen LogP contribution in [0.15, 0.2) is 18.3 Å². The molecular weight excluding hydrogens is 254 g/mol. The summed E-state index contributed by atoms with van der Waals surface area (Å²) in [5.41, 5.74) is 0.911. The summed E-state index contributed by atoms with van der Waals surface area (Å²) in [5.74, 6) is 0.672. The monoisotopic (exact) mass is 277 g/mol. The number of carbonyl (C=O) groups excluding carboxylic acids is 1. The van der Waals surface area contributed by atoms with Crippen molar-refractivity contribution >= 4 is 5.91 Å². The number of hydrogen-bond donors (Lipinski definition) is 2. The van der Waals surface area contributed by atoms with Crippen LogP contribution in [0.1, 0.15) is 38.7 Å². The number of aromatic nitrogens is 1. The summed E-state index contributed by atoms with van der Waals surface area (Å²) >= 11 is 0. The van der Waals surface area contributed by atoms with Gasteiger partial charge in [0.1, 0.15) is 0 Å². The molecule has 1 aliphatic rings. The molecule has 0 radical (unpaired) electrons. The Morgan fingerprint density at radius 1 is 1.60 bits per heavy atom. The lowest BCUT2D eigenvalue weighted by molar-refractivity contribution is -0.121. The van der Waals surface area contributed by atoms with Crippen LogP contribution in [-0.2, 0) is 11.3 Å². The van der Waals surface area contributed by atoms with Crippen molar-refractivity contribution < 1.29 is 9.53 Å². The maximum atomic E-state index is 11.9. The first-order valence-corrected chi connectivity index (χ1v) is 7.26. The Morgan fingerprint density at radius 3 is 3.15 bits per heavy atom. The maximum absolute atomic E-state index is 11.9. The molecule has 5 heteroatoms. The van der Waals surface area contributed by atoms with Crippen LogP contribution in [0.4, 0.5) is 0 Å². The highest BCUT2D eigenvalue weighted by atomic mass is 16.5. The van der Waals surface area contributed by atoms with Crippen LogP contribution in [0.5, 0.6) is 5.88 Å². The number of nitrogens with one attached hydrogen (secondary N) is 2. The molecular formula is C15H23N3O2. The van der Waals surface area contributed by atoms with Crippen molar-refractivity contribution in [1.29, 1.82) is 0 Å². The van der Waals surface area contributed by atoms with Gasteiger partial charge < -0.3 is 15.4 Å². The third kappa shape index (κ3) is 4.49. The molecule has 1 unspecified atom stereocenters. The average molecular weight is 277 g/mol. The van der Waals surface area contributed by atoms with Gasteiger partial charge in [-0.3, -0.25) is 4.79 Å². The smallest absolute Gasteiger partial charge is 0.221 e. The first-order chi connectivity index (χ1) is 9.65. The average Bonchev–Trinajstić information content (AvgIpc) is 2.90. The van der Waals surface area contributed by atoms with E-state index >= 15 is 0 Å². The zero-order valence-corrected chi connectivity index (χ0v) is 12.2. The Kier molecular flexibility index (Phi) is 5.35. The van der Waals surface area contributed by atoms with Crippen LogP contribution >= 0.6 is 0 Å². The van der Waals surface area contributed by atoms with E-state index in [9.17, 15) is 4.79 Å². The van der Waals surface area contributed by atoms with Crippen molar-refractivity contribution in [2.24, 2.45) is 0 Å². The Morgan fingerprint density at radius 2 is 2.45 bits per heavy atom. The first-order valence-electron chi connectivity index (χ1n) is 7.26. The number of pyridine rings is 1. The van der Waals surface area contributed by atoms with Gasteiger partial charge >= 0.3 is 0 Å². The molecule has 1 fully saturated rings. The summed E-state index contributed by atoms with van der Waals surface area (Å²) in [6.45, 7) is 5.40. The SMILES string of the molecule is CC(C)Oc1ncccc1CNC(=O)CC1CCCN1. The molecule has 20 heavy (non-hydrogen) atoms. The van der Waals surface area contributed by atoms with Gasteiger partial charge in [-0.25, -0.2) is 4.98 Å². The lowest BCUT2D eigenvalue weighted by Crippen LogP contribution is -2.31. The van der Waals surface area contributed by atoms with Crippen LogP contribution in [0.2, 0.25) is 0 Å². The standard InChI is InChI=1S/C15H23N3O2/c1-11(2)20-15-12(5-3-8-17-15)10-18-14(19)9-13-6-4-7-16-13/h3,5,8,11,13,16H,4,6-7,9-10H2,1-2H3,(H,18,19). The molecule has 0 bridgehead atoms. The molecule has 0 spiro atoms. The molecule has 1 aromatic heterocycles. The number of nitrogens with zero attached hydrogens (tertiary/aromatic N) is 1. The molecule has 2 N–H and O–H groups in total. The van der Waals surface area contributed by atoms with Gasteiger partial charge in [-0.15, -0.1) is 0 Å². The van der Waals surface area contributed by atoms with E-state index in [0.29, 0.717) is 24.9 Å². The second kappa shape index (κ2) is 7.24. The zero-order valence-electron chi connectivity index (χ0n) is 12.2. The predicted molar refractivity (Wildman–Crippen MR) is 77.5 cm³/mol. The van der Waals surface area contributed by atoms with Crippen LogP contribution in [-0.4, -0.2) is 29.6 Å². The van der Waals surface area contributed by atoms with Crippen molar-refractivity contribution in [2.45, 2.75) is 51.8 Å². The molecule has 5 nitrogen and oxygen atoms in total. The Bertz CT molecular complexity index is 442. The molecule has 1 aliphatic heterocycles. The van der Waals surface area contributed by atoms with Gasteiger partial charge in [-0.1, -0.05) is 6.07 Å². The minimum atomic E-state index is 0.0713. The van der Waals surface area contributed by atoms with Gasteiger partial charge in [-0.2, -0.15) is 0 Å². The van der Waals surface area contributed by atoms with E-state index in [4.69, 9.17) is 4.74 Å². The quantitative estimate of drug-likeness (QED) is 0.829. The number of carbonyl (C=O) groups is 1. The highest BCUT2D eigenvalue weighted by molar-refractivity contribution is 5.76. The number of ether oxygens (including phenoxy) is 1. The van der Waals surface area contributed by atoms with E-state index in [1.54, 1.807) is 6.20 Å². The second-order valence-corrected chi connectivity index (χ2v) is 5.41. The molecule has 1 atom stereocenters. The van der Waals surface area contributed by atoms with Crippen molar-refractivity contribution in [2.75, 3.05) is 6.54 Å². The van der Waals surface area contributed by atoms with E-state index in [1.165, 1.54) is 0 Å². The van der Waals surface area contributed by atoms with Gasteiger partial charge in [0.15, 0.2) is 0 Å². The van der Waals surface area contributed by atoms with E-state index in [2.05, 4.69) is 15.6 Å². The van der Waals surface area contributed by atoms with Crippen molar-refractivity contribution in [3.63, 3.8) is 0 Å². The van der Waals surface area contributed by atoms with Crippen LogP contribution in [0.25, 0.3) is 0 Å². The van der Waals surface area contributed by atoms with Gasteiger partial charge in [-0.05, 0) is 39.3 Å². The Hall–Kier alpha value is -1.62. The van der Waals surface area contributed by atoms with Gasteiger partial charge in [0.25, 0.3) is 0 Å². The normalized spacial score (nSPS) is 18.2. The summed E-state index contributed by atoms with van der Waals surface area (Å²) in [5, 5.41) is 6.27. The minimum Gasteiger partial charge on any atom is -0.475 e. The lowest BCUT2D eigenvalue weighted by atomic mass is 10.1. The summed E-state index contributed by atoms with van der Waals surface area (Å²) in [6, 6.07) is 4.11. The molecule has 0 saturated carbocycles. The molecule has 1 saturated heterocycles. The summed E-state index contributed by atoms with van der Waals surface area (Å²) in [7, 11) is 0. The van der Waals surface area contributed by atoms with Gasteiger partial charge in [0.05, 0.1) is 6.10 Å². The molecule has 2 heterocycles. The van der Waals surface area contributed by atoms with E-state index in [0.717, 1.165) is 24.9 Å². The molecule has 0 aromatic carbocycles. The molecule has 1 amide bonds. The number of hydrogen-bond acceptors (Lipinski definition) is 4. The van der Waals surface area contributed by atoms with Crippen LogP contribution < -0.4 is 15.4 Å². The second-order valence-electron chi connectivity index (χ2n) is 5.41. The molecule has 0 aliphatic carbocycles. The fourth-order valence-corrected chi connectivity index (χ4v) is 2.31. The Balaban J connectivity index is 1.84. The number of amides is 1. The topological polar surface area (TPSA) is 63.2 Å². The lowest BCUT2D eigenvalue weighted by Gasteiger charge is -2.14. The van der Waals surface area contributed by atoms with Gasteiger partial charge in [0, 0.05) is 30.8 Å². The maximum Gasteiger partial charge on any atom is 0.221 e. The summed E-state index contributed by atoms with van der Waals surface area (Å²) in [4.78, 5) is 16.1. The van der Waals surface area contributed by atoms with E-state index < -0.39 is 0 Å². The fourth-order valence-electron chi connectivity index (χ4n) is 2.31. The third-order valence-electron chi connectivity index (χ3n) is 3.27. The minimum absolute atomic E-state index is 0.0713. The zero-order chi connectivity index (χ0) is 14.4. The van der Waals surface area contributed by atoms with Gasteiger partial charge in [0.2, 0.25) is 11.8 Å². The molecule has 1 aromatic rings. The summed E-state index contributed by atoms with van der Waals surface area (Å²) in [6.07, 6.45) is 4.56. The van der Waals surface area contributed by atoms with Crippen molar-refractivity contribution in [1.82, 2.24) is 15.6 Å². The number of rotatable bonds is 6. The Labute approximate surface area is 120 Å². The highest BCUT2D eigenvalue weighted by Crippen LogP contribution is 2.16. The molecule has 2 rings (SSSR count). The van der Waals surface area contributed by atoms with Crippen LogP contribution in [0.3, 0.4) is 0 Å². The fraction of sp³-hybridized carbons (Fsp3) is 0.600. The third-order valence-corrected chi connectivity index (χ3v) is 3.27. The van der Waals surface area contributed by atoms with E-state index in [1.807, 2.05) is 26.0 Å². The highest BCUT2D eigenvalue weighted by Gasteiger charge is 2.17. The van der Waals surface area contributed by atoms with Crippen molar-refractivity contribution in [3.05, 3.63) is 23.9 Å². The van der Waals surface area contributed by atoms with E-state index in [-0.39, 0.29) is 12.0 Å². The summed E-state index contributed by atoms with van der Waals surface area (Å²) < 4.78 is 5.64. The first kappa shape index (κ1) is 14.8.